The molecular formula is C21H35IN4O3. The lowest BCUT2D eigenvalue weighted by Gasteiger charge is -2.22. The summed E-state index contributed by atoms with van der Waals surface area (Å²) in [5.41, 5.74) is 1.13. The summed E-state index contributed by atoms with van der Waals surface area (Å²) in [6.07, 6.45) is 10.5. The van der Waals surface area contributed by atoms with Gasteiger partial charge in [0.2, 0.25) is 5.88 Å². The Bertz CT molecular complexity index is 605. The van der Waals surface area contributed by atoms with E-state index in [4.69, 9.17) is 14.2 Å². The molecule has 0 radical (unpaired) electrons. The molecule has 0 spiro atoms. The summed E-state index contributed by atoms with van der Waals surface area (Å²) in [6.45, 7) is 3.79. The number of aliphatic imine (C=N–C) groups is 1. The number of guanidine groups is 1. The Morgan fingerprint density at radius 1 is 1.21 bits per heavy atom. The number of aromatic nitrogens is 1. The Kier molecular flexibility index (Phi) is 11.6. The first kappa shape index (κ1) is 24.1. The molecule has 1 saturated carbocycles. The Labute approximate surface area is 191 Å². The number of nitrogens with zero attached hydrogens (tertiary/aromatic N) is 2. The zero-order chi connectivity index (χ0) is 19.4. The summed E-state index contributed by atoms with van der Waals surface area (Å²) in [6, 6.07) is 4.03. The van der Waals surface area contributed by atoms with Crippen LogP contribution in [0.1, 0.15) is 50.5 Å². The lowest BCUT2D eigenvalue weighted by atomic mass is 9.98. The predicted octanol–water partition coefficient (Wildman–Crippen LogP) is 3.27. The summed E-state index contributed by atoms with van der Waals surface area (Å²) in [5.74, 6) is 1.51. The van der Waals surface area contributed by atoms with E-state index in [9.17, 15) is 0 Å². The van der Waals surface area contributed by atoms with Gasteiger partial charge >= 0.3 is 0 Å². The van der Waals surface area contributed by atoms with Crippen molar-refractivity contribution in [2.45, 2.75) is 63.7 Å². The minimum absolute atomic E-state index is 0. The fourth-order valence-corrected chi connectivity index (χ4v) is 3.56. The largest absolute Gasteiger partial charge is 0.474 e. The molecule has 3 rings (SSSR count). The lowest BCUT2D eigenvalue weighted by molar-refractivity contribution is 0.0420. The number of ether oxygens (including phenoxy) is 3. The van der Waals surface area contributed by atoms with Gasteiger partial charge < -0.3 is 24.8 Å². The zero-order valence-electron chi connectivity index (χ0n) is 17.4. The number of pyridine rings is 1. The van der Waals surface area contributed by atoms with Gasteiger partial charge in [0, 0.05) is 45.6 Å². The third-order valence-corrected chi connectivity index (χ3v) is 5.18. The van der Waals surface area contributed by atoms with E-state index in [0.717, 1.165) is 69.5 Å². The van der Waals surface area contributed by atoms with Crippen molar-refractivity contribution in [1.82, 2.24) is 15.6 Å². The van der Waals surface area contributed by atoms with Crippen LogP contribution in [0.4, 0.5) is 0 Å². The molecule has 2 N–H and O–H groups in total. The molecule has 7 nitrogen and oxygen atoms in total. The smallest absolute Gasteiger partial charge is 0.213 e. The van der Waals surface area contributed by atoms with Crippen LogP contribution in [-0.2, 0) is 16.0 Å². The molecule has 1 unspecified atom stereocenters. The summed E-state index contributed by atoms with van der Waals surface area (Å²) >= 11 is 0. The van der Waals surface area contributed by atoms with Gasteiger partial charge in [-0.3, -0.25) is 4.99 Å². The molecule has 29 heavy (non-hydrogen) atoms. The van der Waals surface area contributed by atoms with E-state index < -0.39 is 0 Å². The molecule has 1 saturated heterocycles. The first-order valence-electron chi connectivity index (χ1n) is 10.6. The zero-order valence-corrected chi connectivity index (χ0v) is 19.7. The second-order valence-corrected chi connectivity index (χ2v) is 7.44. The average Bonchev–Trinajstić information content (AvgIpc) is 3.25. The van der Waals surface area contributed by atoms with E-state index in [2.05, 4.69) is 20.6 Å². The van der Waals surface area contributed by atoms with Crippen LogP contribution in [0.25, 0.3) is 0 Å². The Morgan fingerprint density at radius 2 is 2.07 bits per heavy atom. The molecule has 2 aliphatic rings. The first-order chi connectivity index (χ1) is 13.8. The van der Waals surface area contributed by atoms with Crippen LogP contribution in [0.2, 0.25) is 0 Å². The second kappa shape index (κ2) is 14.0. The van der Waals surface area contributed by atoms with Crippen molar-refractivity contribution in [3.8, 4) is 5.88 Å². The third-order valence-electron chi connectivity index (χ3n) is 5.18. The van der Waals surface area contributed by atoms with Gasteiger partial charge in [-0.25, -0.2) is 4.98 Å². The minimum atomic E-state index is 0. The molecule has 1 aliphatic heterocycles. The van der Waals surface area contributed by atoms with E-state index in [1.807, 2.05) is 18.3 Å². The van der Waals surface area contributed by atoms with E-state index in [0.29, 0.717) is 12.6 Å². The molecule has 0 amide bonds. The second-order valence-electron chi connectivity index (χ2n) is 7.44. The van der Waals surface area contributed by atoms with Crippen molar-refractivity contribution in [1.29, 1.82) is 0 Å². The Morgan fingerprint density at radius 3 is 2.83 bits per heavy atom. The fraction of sp³-hybridized carbons (Fsp3) is 0.714. The fourth-order valence-electron chi connectivity index (χ4n) is 3.56. The standard InChI is InChI=1S/C21H34N4O3.HI/c1-22-21(24-10-5-12-27-19-9-13-26-16-19)25-15-17-8-11-23-20(14-17)28-18-6-3-2-4-7-18;/h8,11,14,18-19H,2-7,9-10,12-13,15-16H2,1H3,(H2,22,24,25);1H. The molecule has 0 aromatic carbocycles. The highest BCUT2D eigenvalue weighted by Crippen LogP contribution is 2.22. The lowest BCUT2D eigenvalue weighted by Crippen LogP contribution is -2.37. The molecule has 1 aliphatic carbocycles. The van der Waals surface area contributed by atoms with Gasteiger partial charge in [-0.15, -0.1) is 24.0 Å². The predicted molar refractivity (Wildman–Crippen MR) is 125 cm³/mol. The maximum atomic E-state index is 6.06. The van der Waals surface area contributed by atoms with Crippen molar-refractivity contribution in [3.05, 3.63) is 23.9 Å². The van der Waals surface area contributed by atoms with Crippen LogP contribution < -0.4 is 15.4 Å². The molecule has 1 atom stereocenters. The van der Waals surface area contributed by atoms with Crippen molar-refractivity contribution < 1.29 is 14.2 Å². The van der Waals surface area contributed by atoms with Gasteiger partial charge in [-0.2, -0.15) is 0 Å². The summed E-state index contributed by atoms with van der Waals surface area (Å²) in [4.78, 5) is 8.65. The number of nitrogens with one attached hydrogen (secondary N) is 2. The first-order valence-corrected chi connectivity index (χ1v) is 10.6. The average molecular weight is 518 g/mol. The van der Waals surface area contributed by atoms with Gasteiger partial charge in [-0.1, -0.05) is 6.42 Å². The highest BCUT2D eigenvalue weighted by Gasteiger charge is 2.16. The highest BCUT2D eigenvalue weighted by atomic mass is 127. The maximum absolute atomic E-state index is 6.06. The van der Waals surface area contributed by atoms with Crippen molar-refractivity contribution in [2.75, 3.05) is 33.4 Å². The van der Waals surface area contributed by atoms with Gasteiger partial charge in [0.1, 0.15) is 6.10 Å². The van der Waals surface area contributed by atoms with Gasteiger partial charge in [-0.05, 0) is 50.2 Å². The number of halogens is 1. The molecule has 8 heteroatoms. The van der Waals surface area contributed by atoms with Crippen LogP contribution in [-0.4, -0.2) is 56.6 Å². The summed E-state index contributed by atoms with van der Waals surface area (Å²) < 4.78 is 17.1. The third kappa shape index (κ3) is 9.04. The van der Waals surface area contributed by atoms with Gasteiger partial charge in [0.15, 0.2) is 5.96 Å². The summed E-state index contributed by atoms with van der Waals surface area (Å²) in [5, 5.41) is 6.67. The van der Waals surface area contributed by atoms with Crippen molar-refractivity contribution >= 4 is 29.9 Å². The minimum Gasteiger partial charge on any atom is -0.474 e. The number of hydrogen-bond donors (Lipinski definition) is 2. The van der Waals surface area contributed by atoms with E-state index >= 15 is 0 Å². The van der Waals surface area contributed by atoms with Crippen molar-refractivity contribution in [2.24, 2.45) is 4.99 Å². The molecule has 2 heterocycles. The van der Waals surface area contributed by atoms with E-state index in [1.54, 1.807) is 7.05 Å². The van der Waals surface area contributed by atoms with Crippen LogP contribution in [0.15, 0.2) is 23.3 Å². The maximum Gasteiger partial charge on any atom is 0.213 e. The number of rotatable bonds is 9. The Balaban J connectivity index is 0.00000300. The quantitative estimate of drug-likeness (QED) is 0.226. The Hall–Kier alpha value is -1.13. The molecule has 2 fully saturated rings. The molecule has 1 aromatic heterocycles. The normalized spacial score (nSPS) is 20.2. The highest BCUT2D eigenvalue weighted by molar-refractivity contribution is 14.0. The van der Waals surface area contributed by atoms with E-state index in [1.165, 1.54) is 19.3 Å². The molecule has 164 valence electrons. The topological polar surface area (TPSA) is 77.0 Å². The monoisotopic (exact) mass is 518 g/mol. The molecule has 1 aromatic rings. The van der Waals surface area contributed by atoms with Crippen LogP contribution in [0, 0.1) is 0 Å². The molecule has 0 bridgehead atoms. The van der Waals surface area contributed by atoms with Crippen LogP contribution in [0.5, 0.6) is 5.88 Å². The van der Waals surface area contributed by atoms with Gasteiger partial charge in [0.25, 0.3) is 0 Å². The summed E-state index contributed by atoms with van der Waals surface area (Å²) in [7, 11) is 1.78. The van der Waals surface area contributed by atoms with E-state index in [-0.39, 0.29) is 30.1 Å². The SMILES string of the molecule is CN=C(NCCCOC1CCOC1)NCc1ccnc(OC2CCCCC2)c1.I. The van der Waals surface area contributed by atoms with Crippen LogP contribution >= 0.6 is 24.0 Å². The van der Waals surface area contributed by atoms with Gasteiger partial charge in [0.05, 0.1) is 12.7 Å². The van der Waals surface area contributed by atoms with Crippen LogP contribution in [0.3, 0.4) is 0 Å². The number of hydrogen-bond acceptors (Lipinski definition) is 5. The molecular weight excluding hydrogens is 483 g/mol. The van der Waals surface area contributed by atoms with Crippen molar-refractivity contribution in [3.63, 3.8) is 0 Å².